The van der Waals surface area contributed by atoms with E-state index in [2.05, 4.69) is 0 Å². The molecule has 1 heterocycles. The van der Waals surface area contributed by atoms with Gasteiger partial charge >= 0.3 is 6.18 Å². The first-order valence-electron chi connectivity index (χ1n) is 5.99. The minimum atomic E-state index is -4.51. The van der Waals surface area contributed by atoms with Crippen LogP contribution < -0.4 is 4.90 Å². The predicted molar refractivity (Wildman–Crippen MR) is 67.4 cm³/mol. The lowest BCUT2D eigenvalue weighted by molar-refractivity contribution is -0.137. The third kappa shape index (κ3) is 2.97. The average molecular weight is 269 g/mol. The van der Waals surface area contributed by atoms with E-state index in [4.69, 9.17) is 0 Å². The molecular weight excluding hydrogens is 255 g/mol. The van der Waals surface area contributed by atoms with Crippen molar-refractivity contribution in [1.82, 2.24) is 0 Å². The highest BCUT2D eigenvalue weighted by atomic mass is 19.4. The van der Waals surface area contributed by atoms with Crippen LogP contribution in [-0.2, 0) is 6.18 Å². The summed E-state index contributed by atoms with van der Waals surface area (Å²) in [5, 5.41) is 0. The molecule has 0 aromatic heterocycles. The smallest absolute Gasteiger partial charge is 0.367 e. The highest BCUT2D eigenvalue weighted by molar-refractivity contribution is 5.79. The molecule has 0 bridgehead atoms. The second-order valence-corrected chi connectivity index (χ2v) is 4.63. The molecule has 0 N–H and O–H groups in total. The quantitative estimate of drug-likeness (QED) is 0.603. The van der Waals surface area contributed by atoms with Gasteiger partial charge in [0.15, 0.2) is 6.29 Å². The van der Waals surface area contributed by atoms with Crippen molar-refractivity contribution in [2.75, 3.05) is 18.0 Å². The summed E-state index contributed by atoms with van der Waals surface area (Å²) in [7, 11) is 0. The van der Waals surface area contributed by atoms with E-state index in [1.807, 2.05) is 17.9 Å². The molecule has 0 saturated heterocycles. The van der Waals surface area contributed by atoms with Crippen LogP contribution in [0.25, 0.3) is 0 Å². The molecule has 5 heteroatoms. The molecule has 102 valence electrons. The molecule has 1 aromatic rings. The third-order valence-electron chi connectivity index (χ3n) is 3.27. The summed E-state index contributed by atoms with van der Waals surface area (Å²) in [5.41, 5.74) is 0.560. The Labute approximate surface area is 109 Å². The van der Waals surface area contributed by atoms with Gasteiger partial charge in [0.25, 0.3) is 0 Å². The van der Waals surface area contributed by atoms with Crippen molar-refractivity contribution >= 4 is 12.0 Å². The van der Waals surface area contributed by atoms with Gasteiger partial charge < -0.3 is 4.90 Å². The minimum absolute atomic E-state index is 0.243. The summed E-state index contributed by atoms with van der Waals surface area (Å²) in [6.07, 6.45) is -1.41. The van der Waals surface area contributed by atoms with Crippen LogP contribution in [0.5, 0.6) is 0 Å². The van der Waals surface area contributed by atoms with Gasteiger partial charge in [-0.3, -0.25) is 4.79 Å². The number of halogens is 3. The van der Waals surface area contributed by atoms with Gasteiger partial charge in [-0.1, -0.05) is 11.6 Å². The maximum absolute atomic E-state index is 12.9. The van der Waals surface area contributed by atoms with Crippen LogP contribution in [0.15, 0.2) is 29.8 Å². The first-order valence-corrected chi connectivity index (χ1v) is 5.99. The zero-order valence-electron chi connectivity index (χ0n) is 10.5. The Bertz CT molecular complexity index is 520. The summed E-state index contributed by atoms with van der Waals surface area (Å²) >= 11 is 0. The summed E-state index contributed by atoms with van der Waals surface area (Å²) in [6.45, 7) is 3.30. The van der Waals surface area contributed by atoms with Crippen LogP contribution >= 0.6 is 0 Å². The maximum Gasteiger partial charge on any atom is 0.417 e. The summed E-state index contributed by atoms with van der Waals surface area (Å²) in [5.74, 6) is 0. The van der Waals surface area contributed by atoms with Crippen LogP contribution in [0.1, 0.15) is 29.3 Å². The van der Waals surface area contributed by atoms with Crippen LogP contribution in [0.4, 0.5) is 18.9 Å². The standard InChI is InChI=1S/C14H14F3NO/c1-10-4-6-18(7-5-10)12-3-2-11(9-19)13(8-12)14(15,16)17/h2-4,8-9H,5-7H2,1H3. The Morgan fingerprint density at radius 1 is 1.32 bits per heavy atom. The second kappa shape index (κ2) is 5.07. The molecule has 0 amide bonds. The molecule has 1 aliphatic rings. The highest BCUT2D eigenvalue weighted by Crippen LogP contribution is 2.34. The molecule has 1 aliphatic heterocycles. The first-order chi connectivity index (χ1) is 8.91. The normalized spacial score (nSPS) is 16.2. The van der Waals surface area contributed by atoms with Gasteiger partial charge in [0, 0.05) is 24.3 Å². The van der Waals surface area contributed by atoms with Crippen molar-refractivity contribution in [3.8, 4) is 0 Å². The average Bonchev–Trinajstić information content (AvgIpc) is 2.38. The van der Waals surface area contributed by atoms with E-state index in [-0.39, 0.29) is 11.8 Å². The van der Waals surface area contributed by atoms with Gasteiger partial charge in [-0.2, -0.15) is 13.2 Å². The molecule has 0 radical (unpaired) electrons. The molecule has 1 aromatic carbocycles. The number of hydrogen-bond acceptors (Lipinski definition) is 2. The fourth-order valence-electron chi connectivity index (χ4n) is 2.09. The van der Waals surface area contributed by atoms with Crippen LogP contribution in [-0.4, -0.2) is 19.4 Å². The Hall–Kier alpha value is -1.78. The SMILES string of the molecule is CC1=CCN(c2ccc(C=O)c(C(F)(F)F)c2)CC1. The van der Waals surface area contributed by atoms with E-state index < -0.39 is 11.7 Å². The van der Waals surface area contributed by atoms with Gasteiger partial charge in [0.1, 0.15) is 0 Å². The monoisotopic (exact) mass is 269 g/mol. The first kappa shape index (κ1) is 13.6. The molecule has 0 unspecified atom stereocenters. The van der Waals surface area contributed by atoms with Crippen molar-refractivity contribution in [2.45, 2.75) is 19.5 Å². The zero-order valence-corrected chi connectivity index (χ0v) is 10.5. The number of nitrogens with zero attached hydrogens (tertiary/aromatic N) is 1. The Kier molecular flexibility index (Phi) is 3.64. The van der Waals surface area contributed by atoms with Gasteiger partial charge in [-0.05, 0) is 31.5 Å². The van der Waals surface area contributed by atoms with Crippen molar-refractivity contribution in [1.29, 1.82) is 0 Å². The summed E-state index contributed by atoms with van der Waals surface area (Å²) < 4.78 is 38.6. The van der Waals surface area contributed by atoms with Crippen LogP contribution in [0, 0.1) is 0 Å². The molecule has 0 atom stereocenters. The summed E-state index contributed by atoms with van der Waals surface area (Å²) in [6, 6.07) is 3.85. The minimum Gasteiger partial charge on any atom is -0.367 e. The van der Waals surface area contributed by atoms with Gasteiger partial charge in [0.05, 0.1) is 5.56 Å². The van der Waals surface area contributed by atoms with Gasteiger partial charge in [-0.25, -0.2) is 0 Å². The van der Waals surface area contributed by atoms with Crippen molar-refractivity contribution < 1.29 is 18.0 Å². The third-order valence-corrected chi connectivity index (χ3v) is 3.27. The fraction of sp³-hybridized carbons (Fsp3) is 0.357. The highest BCUT2D eigenvalue weighted by Gasteiger charge is 2.34. The Morgan fingerprint density at radius 2 is 2.05 bits per heavy atom. The van der Waals surface area contributed by atoms with E-state index in [9.17, 15) is 18.0 Å². The number of benzene rings is 1. The number of carbonyl (C=O) groups excluding carboxylic acids is 1. The van der Waals surface area contributed by atoms with E-state index in [1.165, 1.54) is 11.6 Å². The molecule has 0 saturated carbocycles. The van der Waals surface area contributed by atoms with Crippen molar-refractivity contribution in [2.24, 2.45) is 0 Å². The molecular formula is C14H14F3NO. The maximum atomic E-state index is 12.9. The van der Waals surface area contributed by atoms with Crippen LogP contribution in [0.2, 0.25) is 0 Å². The summed E-state index contributed by atoms with van der Waals surface area (Å²) in [4.78, 5) is 12.6. The van der Waals surface area contributed by atoms with E-state index in [0.717, 1.165) is 12.5 Å². The lowest BCUT2D eigenvalue weighted by Gasteiger charge is -2.28. The van der Waals surface area contributed by atoms with Crippen molar-refractivity contribution in [3.63, 3.8) is 0 Å². The number of rotatable bonds is 2. The van der Waals surface area contributed by atoms with Gasteiger partial charge in [-0.15, -0.1) is 0 Å². The Morgan fingerprint density at radius 3 is 2.58 bits per heavy atom. The number of alkyl halides is 3. The molecule has 2 rings (SSSR count). The zero-order chi connectivity index (χ0) is 14.0. The van der Waals surface area contributed by atoms with E-state index >= 15 is 0 Å². The van der Waals surface area contributed by atoms with E-state index in [1.54, 1.807) is 6.07 Å². The fourth-order valence-corrected chi connectivity index (χ4v) is 2.09. The number of carbonyl (C=O) groups is 1. The molecule has 2 nitrogen and oxygen atoms in total. The van der Waals surface area contributed by atoms with Crippen molar-refractivity contribution in [3.05, 3.63) is 41.0 Å². The molecule has 0 aliphatic carbocycles. The number of aldehydes is 1. The lowest BCUT2D eigenvalue weighted by atomic mass is 10.0. The predicted octanol–water partition coefficient (Wildman–Crippen LogP) is 3.67. The molecule has 0 fully saturated rings. The molecule has 0 spiro atoms. The Balaban J connectivity index is 2.36. The lowest BCUT2D eigenvalue weighted by Crippen LogP contribution is -2.28. The van der Waals surface area contributed by atoms with Gasteiger partial charge in [0.2, 0.25) is 0 Å². The molecule has 19 heavy (non-hydrogen) atoms. The number of anilines is 1. The van der Waals surface area contributed by atoms with E-state index in [0.29, 0.717) is 18.8 Å². The second-order valence-electron chi connectivity index (χ2n) is 4.63. The van der Waals surface area contributed by atoms with Crippen LogP contribution in [0.3, 0.4) is 0 Å². The number of hydrogen-bond donors (Lipinski definition) is 0. The topological polar surface area (TPSA) is 20.3 Å². The largest absolute Gasteiger partial charge is 0.417 e.